The standard InChI is InChI=1S/C19H30N4O2/c1-22(2)11-12-23-10-7-15-13-17(25-18(15)14-23)19(24)21-9-6-16-5-3-4-8-20-16/h3-5,8,15,17-18H,6-7,9-14H2,1-2H3,(H,21,24)/t15-,17+,18+/m0/s1. The second kappa shape index (κ2) is 8.74. The van der Waals surface area contributed by atoms with E-state index in [1.807, 2.05) is 18.2 Å². The van der Waals surface area contributed by atoms with Crippen molar-refractivity contribution in [3.8, 4) is 0 Å². The van der Waals surface area contributed by atoms with Crippen LogP contribution in [0.4, 0.5) is 0 Å². The zero-order valence-electron chi connectivity index (χ0n) is 15.4. The van der Waals surface area contributed by atoms with E-state index in [1.54, 1.807) is 6.20 Å². The van der Waals surface area contributed by atoms with Crippen LogP contribution in [0.1, 0.15) is 18.5 Å². The first-order valence-electron chi connectivity index (χ1n) is 9.32. The second-order valence-electron chi connectivity index (χ2n) is 7.41. The van der Waals surface area contributed by atoms with Gasteiger partial charge in [0.2, 0.25) is 5.91 Å². The molecule has 0 unspecified atom stereocenters. The highest BCUT2D eigenvalue weighted by Gasteiger charge is 2.41. The summed E-state index contributed by atoms with van der Waals surface area (Å²) in [6, 6.07) is 5.85. The van der Waals surface area contributed by atoms with Crippen LogP contribution in [0.3, 0.4) is 0 Å². The highest BCUT2D eigenvalue weighted by molar-refractivity contribution is 5.81. The summed E-state index contributed by atoms with van der Waals surface area (Å²) in [6.07, 6.45) is 4.46. The number of hydrogen-bond donors (Lipinski definition) is 1. The minimum absolute atomic E-state index is 0.0326. The number of nitrogens with zero attached hydrogens (tertiary/aromatic N) is 3. The van der Waals surface area contributed by atoms with Gasteiger partial charge in [-0.2, -0.15) is 0 Å². The Morgan fingerprint density at radius 2 is 2.32 bits per heavy atom. The molecule has 3 atom stereocenters. The predicted molar refractivity (Wildman–Crippen MR) is 97.3 cm³/mol. The highest BCUT2D eigenvalue weighted by atomic mass is 16.5. The molecule has 0 radical (unpaired) electrons. The highest BCUT2D eigenvalue weighted by Crippen LogP contribution is 2.33. The molecule has 1 amide bonds. The fraction of sp³-hybridized carbons (Fsp3) is 0.684. The van der Waals surface area contributed by atoms with E-state index in [0.717, 1.165) is 51.1 Å². The molecular formula is C19H30N4O2. The minimum Gasteiger partial charge on any atom is -0.364 e. The Bertz CT molecular complexity index is 552. The maximum atomic E-state index is 12.4. The number of ether oxygens (including phenoxy) is 1. The van der Waals surface area contributed by atoms with Crippen molar-refractivity contribution in [1.82, 2.24) is 20.1 Å². The number of fused-ring (bicyclic) bond motifs is 1. The minimum atomic E-state index is -0.285. The summed E-state index contributed by atoms with van der Waals surface area (Å²) < 4.78 is 6.08. The third-order valence-corrected chi connectivity index (χ3v) is 5.20. The van der Waals surface area contributed by atoms with E-state index in [1.165, 1.54) is 0 Å². The van der Waals surface area contributed by atoms with Gasteiger partial charge in [0.1, 0.15) is 6.10 Å². The molecule has 0 saturated carbocycles. The van der Waals surface area contributed by atoms with E-state index in [0.29, 0.717) is 12.5 Å². The molecule has 1 aromatic heterocycles. The number of amides is 1. The molecule has 1 aromatic rings. The molecule has 2 aliphatic heterocycles. The summed E-state index contributed by atoms with van der Waals surface area (Å²) in [5.41, 5.74) is 1.00. The molecule has 0 bridgehead atoms. The number of likely N-dealkylation sites (N-methyl/N-ethyl adjacent to an activating group) is 1. The number of nitrogens with one attached hydrogen (secondary N) is 1. The van der Waals surface area contributed by atoms with Gasteiger partial charge in [-0.05, 0) is 51.5 Å². The lowest BCUT2D eigenvalue weighted by atomic mass is 9.91. The fourth-order valence-corrected chi connectivity index (χ4v) is 3.68. The van der Waals surface area contributed by atoms with E-state index in [4.69, 9.17) is 4.74 Å². The van der Waals surface area contributed by atoms with Crippen molar-refractivity contribution in [3.63, 3.8) is 0 Å². The van der Waals surface area contributed by atoms with Gasteiger partial charge in [-0.1, -0.05) is 6.07 Å². The monoisotopic (exact) mass is 346 g/mol. The van der Waals surface area contributed by atoms with Gasteiger partial charge in [-0.15, -0.1) is 0 Å². The van der Waals surface area contributed by atoms with Crippen LogP contribution in [0, 0.1) is 5.92 Å². The van der Waals surface area contributed by atoms with E-state index in [2.05, 4.69) is 34.2 Å². The molecular weight excluding hydrogens is 316 g/mol. The second-order valence-corrected chi connectivity index (χ2v) is 7.41. The SMILES string of the molecule is CN(C)CCN1CC[C@H]2C[C@H](C(=O)NCCc3ccccn3)O[C@@H]2C1. The van der Waals surface area contributed by atoms with Crippen molar-refractivity contribution in [2.75, 3.05) is 46.8 Å². The fourth-order valence-electron chi connectivity index (χ4n) is 3.68. The van der Waals surface area contributed by atoms with Crippen LogP contribution in [-0.2, 0) is 16.0 Å². The number of piperidine rings is 1. The maximum absolute atomic E-state index is 12.4. The molecule has 1 N–H and O–H groups in total. The smallest absolute Gasteiger partial charge is 0.249 e. The Hall–Kier alpha value is -1.50. The average molecular weight is 346 g/mol. The van der Waals surface area contributed by atoms with E-state index < -0.39 is 0 Å². The quantitative estimate of drug-likeness (QED) is 0.791. The van der Waals surface area contributed by atoms with Gasteiger partial charge in [0.05, 0.1) is 6.10 Å². The molecule has 2 fully saturated rings. The molecule has 3 heterocycles. The van der Waals surface area contributed by atoms with Gasteiger partial charge in [-0.3, -0.25) is 14.7 Å². The molecule has 3 rings (SSSR count). The number of aromatic nitrogens is 1. The van der Waals surface area contributed by atoms with E-state index in [-0.39, 0.29) is 18.1 Å². The van der Waals surface area contributed by atoms with Gasteiger partial charge in [0, 0.05) is 44.5 Å². The number of hydrogen-bond acceptors (Lipinski definition) is 5. The third kappa shape index (κ3) is 5.23. The summed E-state index contributed by atoms with van der Waals surface area (Å²) in [6.45, 7) is 4.82. The van der Waals surface area contributed by atoms with Crippen molar-refractivity contribution in [3.05, 3.63) is 30.1 Å². The Kier molecular flexibility index (Phi) is 6.39. The molecule has 6 nitrogen and oxygen atoms in total. The number of pyridine rings is 1. The van der Waals surface area contributed by atoms with Gasteiger partial charge >= 0.3 is 0 Å². The first-order valence-corrected chi connectivity index (χ1v) is 9.32. The van der Waals surface area contributed by atoms with Crippen LogP contribution in [0.5, 0.6) is 0 Å². The van der Waals surface area contributed by atoms with Gasteiger partial charge in [-0.25, -0.2) is 0 Å². The van der Waals surface area contributed by atoms with E-state index in [9.17, 15) is 4.79 Å². The zero-order chi connectivity index (χ0) is 17.6. The van der Waals surface area contributed by atoms with Crippen molar-refractivity contribution in [2.45, 2.75) is 31.5 Å². The van der Waals surface area contributed by atoms with Crippen LogP contribution >= 0.6 is 0 Å². The van der Waals surface area contributed by atoms with Crippen molar-refractivity contribution >= 4 is 5.91 Å². The average Bonchev–Trinajstić information content (AvgIpc) is 3.04. The van der Waals surface area contributed by atoms with Gasteiger partial charge < -0.3 is 15.0 Å². The van der Waals surface area contributed by atoms with Gasteiger partial charge in [0.25, 0.3) is 0 Å². The van der Waals surface area contributed by atoms with Crippen LogP contribution in [0.25, 0.3) is 0 Å². The number of carbonyl (C=O) groups is 1. The molecule has 25 heavy (non-hydrogen) atoms. The van der Waals surface area contributed by atoms with Crippen molar-refractivity contribution in [2.24, 2.45) is 5.92 Å². The van der Waals surface area contributed by atoms with Crippen LogP contribution in [0.15, 0.2) is 24.4 Å². The Morgan fingerprint density at radius 1 is 1.44 bits per heavy atom. The number of carbonyl (C=O) groups excluding carboxylic acids is 1. The molecule has 6 heteroatoms. The lowest BCUT2D eigenvalue weighted by Crippen LogP contribution is -2.44. The molecule has 2 aliphatic rings. The Balaban J connectivity index is 1.40. The summed E-state index contributed by atoms with van der Waals surface area (Å²) in [4.78, 5) is 21.3. The lowest BCUT2D eigenvalue weighted by molar-refractivity contribution is -0.132. The first-order chi connectivity index (χ1) is 12.1. The number of rotatable bonds is 7. The largest absolute Gasteiger partial charge is 0.364 e. The molecule has 2 saturated heterocycles. The Labute approximate surface area is 150 Å². The summed E-state index contributed by atoms with van der Waals surface area (Å²) in [7, 11) is 4.20. The van der Waals surface area contributed by atoms with Crippen LogP contribution in [0.2, 0.25) is 0 Å². The summed E-state index contributed by atoms with van der Waals surface area (Å²) in [5.74, 6) is 0.562. The molecule has 138 valence electrons. The Morgan fingerprint density at radius 3 is 3.08 bits per heavy atom. The summed E-state index contributed by atoms with van der Waals surface area (Å²) >= 11 is 0. The van der Waals surface area contributed by atoms with Gasteiger partial charge in [0.15, 0.2) is 0 Å². The van der Waals surface area contributed by atoms with Crippen LogP contribution < -0.4 is 5.32 Å². The third-order valence-electron chi connectivity index (χ3n) is 5.20. The van der Waals surface area contributed by atoms with Crippen LogP contribution in [-0.4, -0.2) is 79.7 Å². The normalized spacial score (nSPS) is 26.6. The predicted octanol–water partition coefficient (Wildman–Crippen LogP) is 0.781. The van der Waals surface area contributed by atoms with E-state index >= 15 is 0 Å². The van der Waals surface area contributed by atoms with Crippen molar-refractivity contribution < 1.29 is 9.53 Å². The topological polar surface area (TPSA) is 57.7 Å². The number of likely N-dealkylation sites (tertiary alicyclic amines) is 1. The first kappa shape index (κ1) is 18.3. The lowest BCUT2D eigenvalue weighted by Gasteiger charge is -2.34. The molecule has 0 spiro atoms. The van der Waals surface area contributed by atoms with Crippen molar-refractivity contribution in [1.29, 1.82) is 0 Å². The molecule has 0 aliphatic carbocycles. The summed E-state index contributed by atoms with van der Waals surface area (Å²) in [5, 5.41) is 3.01. The molecule has 0 aromatic carbocycles. The maximum Gasteiger partial charge on any atom is 0.249 e. The zero-order valence-corrected chi connectivity index (χ0v) is 15.4.